The van der Waals surface area contributed by atoms with Gasteiger partial charge in [0.1, 0.15) is 5.75 Å². The Kier molecular flexibility index (Phi) is 3.48. The smallest absolute Gasteiger partial charge is 0.261 e. The first kappa shape index (κ1) is 12.7. The lowest BCUT2D eigenvalue weighted by Crippen LogP contribution is -2.26. The number of hydrogen-bond donors (Lipinski definition) is 1. The summed E-state index contributed by atoms with van der Waals surface area (Å²) in [7, 11) is 1.60. The minimum absolute atomic E-state index is 0.0595. The molecule has 2 aromatic rings. The van der Waals surface area contributed by atoms with Gasteiger partial charge in [0.2, 0.25) is 0 Å². The van der Waals surface area contributed by atoms with Gasteiger partial charge in [0.25, 0.3) is 5.91 Å². The van der Waals surface area contributed by atoms with Crippen LogP contribution in [0.25, 0.3) is 0 Å². The number of anilines is 1. The van der Waals surface area contributed by atoms with Gasteiger partial charge in [-0.1, -0.05) is 18.2 Å². The van der Waals surface area contributed by atoms with Crippen molar-refractivity contribution in [3.63, 3.8) is 0 Å². The summed E-state index contributed by atoms with van der Waals surface area (Å²) in [6.45, 7) is 0. The van der Waals surface area contributed by atoms with Crippen LogP contribution in [0.2, 0.25) is 0 Å². The van der Waals surface area contributed by atoms with Crippen LogP contribution in [-0.4, -0.2) is 18.1 Å². The van der Waals surface area contributed by atoms with Crippen LogP contribution in [0.5, 0.6) is 5.75 Å². The molecular formula is C15H12N2O2. The maximum Gasteiger partial charge on any atom is 0.261 e. The molecule has 0 atom stereocenters. The third-order valence-electron chi connectivity index (χ3n) is 2.80. The zero-order chi connectivity index (χ0) is 13.8. The van der Waals surface area contributed by atoms with E-state index in [1.807, 2.05) is 6.07 Å². The summed E-state index contributed by atoms with van der Waals surface area (Å²) in [4.78, 5) is 13.6. The molecule has 0 aliphatic carbocycles. The van der Waals surface area contributed by atoms with E-state index in [1.165, 1.54) is 11.0 Å². The summed E-state index contributed by atoms with van der Waals surface area (Å²) in [6.07, 6.45) is 0. The van der Waals surface area contributed by atoms with Gasteiger partial charge in [0, 0.05) is 12.7 Å². The number of benzene rings is 2. The van der Waals surface area contributed by atoms with Crippen molar-refractivity contribution in [1.29, 1.82) is 5.26 Å². The molecule has 0 aliphatic rings. The number of carbonyl (C=O) groups excluding carboxylic acids is 1. The van der Waals surface area contributed by atoms with Crippen LogP contribution in [0.3, 0.4) is 0 Å². The van der Waals surface area contributed by atoms with E-state index in [0.717, 1.165) is 0 Å². The molecule has 1 N–H and O–H groups in total. The van der Waals surface area contributed by atoms with E-state index in [0.29, 0.717) is 11.3 Å². The molecule has 0 aromatic heterocycles. The zero-order valence-electron chi connectivity index (χ0n) is 10.4. The number of hydrogen-bond acceptors (Lipinski definition) is 3. The van der Waals surface area contributed by atoms with Crippen LogP contribution < -0.4 is 4.90 Å². The Bertz CT molecular complexity index is 659. The fourth-order valence-corrected chi connectivity index (χ4v) is 1.74. The first-order valence-corrected chi connectivity index (χ1v) is 5.69. The van der Waals surface area contributed by atoms with Crippen LogP contribution >= 0.6 is 0 Å². The number of amides is 1. The molecular weight excluding hydrogens is 240 g/mol. The summed E-state index contributed by atoms with van der Waals surface area (Å²) in [5, 5.41) is 18.5. The summed E-state index contributed by atoms with van der Waals surface area (Å²) in [5.74, 6) is -0.385. The average Bonchev–Trinajstić information content (AvgIpc) is 2.46. The number of carbonyl (C=O) groups is 1. The predicted molar refractivity (Wildman–Crippen MR) is 72.0 cm³/mol. The van der Waals surface area contributed by atoms with Crippen LogP contribution in [0.15, 0.2) is 48.5 Å². The Labute approximate surface area is 111 Å². The van der Waals surface area contributed by atoms with Crippen molar-refractivity contribution in [2.45, 2.75) is 0 Å². The third kappa shape index (κ3) is 2.55. The van der Waals surface area contributed by atoms with E-state index in [2.05, 4.69) is 0 Å². The number of phenolic OH excluding ortho intramolecular Hbond substituents is 1. The van der Waals surface area contributed by atoms with E-state index < -0.39 is 0 Å². The van der Waals surface area contributed by atoms with Gasteiger partial charge in [-0.25, -0.2) is 0 Å². The molecule has 2 rings (SSSR count). The molecule has 94 valence electrons. The Balaban J connectivity index is 2.34. The predicted octanol–water partition coefficient (Wildman–Crippen LogP) is 2.54. The summed E-state index contributed by atoms with van der Waals surface area (Å²) in [6, 6.07) is 15.1. The largest absolute Gasteiger partial charge is 0.507 e. The highest BCUT2D eigenvalue weighted by Crippen LogP contribution is 2.21. The first-order chi connectivity index (χ1) is 9.13. The van der Waals surface area contributed by atoms with Crippen molar-refractivity contribution in [3.05, 3.63) is 59.7 Å². The molecule has 0 bridgehead atoms. The molecule has 0 saturated carbocycles. The van der Waals surface area contributed by atoms with Gasteiger partial charge < -0.3 is 10.0 Å². The molecule has 0 unspecified atom stereocenters. The molecule has 1 amide bonds. The molecule has 4 heteroatoms. The van der Waals surface area contributed by atoms with Gasteiger partial charge in [0.15, 0.2) is 0 Å². The molecule has 0 aliphatic heterocycles. The lowest BCUT2D eigenvalue weighted by atomic mass is 10.1. The van der Waals surface area contributed by atoms with E-state index in [-0.39, 0.29) is 17.2 Å². The van der Waals surface area contributed by atoms with Crippen molar-refractivity contribution in [2.75, 3.05) is 11.9 Å². The lowest BCUT2D eigenvalue weighted by molar-refractivity contribution is 0.0990. The molecule has 4 nitrogen and oxygen atoms in total. The molecule has 0 heterocycles. The van der Waals surface area contributed by atoms with Crippen molar-refractivity contribution >= 4 is 11.6 Å². The fourth-order valence-electron chi connectivity index (χ4n) is 1.74. The van der Waals surface area contributed by atoms with Gasteiger partial charge >= 0.3 is 0 Å². The quantitative estimate of drug-likeness (QED) is 0.893. The Morgan fingerprint density at radius 1 is 1.21 bits per heavy atom. The fraction of sp³-hybridized carbons (Fsp3) is 0.0667. The lowest BCUT2D eigenvalue weighted by Gasteiger charge is -2.18. The van der Waals surface area contributed by atoms with Crippen molar-refractivity contribution in [1.82, 2.24) is 0 Å². The monoisotopic (exact) mass is 252 g/mol. The highest BCUT2D eigenvalue weighted by molar-refractivity contribution is 6.07. The molecule has 19 heavy (non-hydrogen) atoms. The van der Waals surface area contributed by atoms with Crippen molar-refractivity contribution < 1.29 is 9.90 Å². The molecule has 0 saturated heterocycles. The number of rotatable bonds is 2. The van der Waals surface area contributed by atoms with Crippen molar-refractivity contribution in [2.24, 2.45) is 0 Å². The highest BCUT2D eigenvalue weighted by atomic mass is 16.3. The second kappa shape index (κ2) is 5.23. The molecule has 2 aromatic carbocycles. The number of nitriles is 1. The average molecular weight is 252 g/mol. The van der Waals surface area contributed by atoms with Gasteiger partial charge in [-0.2, -0.15) is 5.26 Å². The molecule has 0 radical (unpaired) electrons. The maximum atomic E-state index is 12.2. The minimum atomic E-state index is -0.326. The van der Waals surface area contributed by atoms with E-state index in [1.54, 1.807) is 49.5 Å². The Hall–Kier alpha value is -2.80. The first-order valence-electron chi connectivity index (χ1n) is 5.69. The van der Waals surface area contributed by atoms with E-state index >= 15 is 0 Å². The van der Waals surface area contributed by atoms with Crippen molar-refractivity contribution in [3.8, 4) is 11.8 Å². The van der Waals surface area contributed by atoms with Crippen LogP contribution in [-0.2, 0) is 0 Å². The van der Waals surface area contributed by atoms with Crippen LogP contribution in [0.1, 0.15) is 15.9 Å². The standard InChI is InChI=1S/C15H12N2O2/c1-17(12-6-4-5-11(9-12)10-16)15(19)13-7-2-3-8-14(13)18/h2-9,18H,1H3. The minimum Gasteiger partial charge on any atom is -0.507 e. The maximum absolute atomic E-state index is 12.2. The summed E-state index contributed by atoms with van der Waals surface area (Å²) < 4.78 is 0. The normalized spacial score (nSPS) is 9.68. The number of phenols is 1. The van der Waals surface area contributed by atoms with E-state index in [4.69, 9.17) is 5.26 Å². The molecule has 0 fully saturated rings. The van der Waals surface area contributed by atoms with Crippen LogP contribution in [0, 0.1) is 11.3 Å². The second-order valence-corrected chi connectivity index (χ2v) is 4.04. The van der Waals surface area contributed by atoms with Crippen LogP contribution in [0.4, 0.5) is 5.69 Å². The van der Waals surface area contributed by atoms with E-state index in [9.17, 15) is 9.90 Å². The van der Waals surface area contributed by atoms with Gasteiger partial charge in [-0.3, -0.25) is 4.79 Å². The number of aromatic hydroxyl groups is 1. The number of para-hydroxylation sites is 1. The summed E-state index contributed by atoms with van der Waals surface area (Å²) >= 11 is 0. The third-order valence-corrected chi connectivity index (χ3v) is 2.80. The number of nitrogens with zero attached hydrogens (tertiary/aromatic N) is 2. The second-order valence-electron chi connectivity index (χ2n) is 4.04. The zero-order valence-corrected chi connectivity index (χ0v) is 10.4. The Morgan fingerprint density at radius 2 is 1.95 bits per heavy atom. The topological polar surface area (TPSA) is 64.3 Å². The highest BCUT2D eigenvalue weighted by Gasteiger charge is 2.16. The van der Waals surface area contributed by atoms with Gasteiger partial charge in [-0.05, 0) is 30.3 Å². The Morgan fingerprint density at radius 3 is 2.63 bits per heavy atom. The van der Waals surface area contributed by atoms with Gasteiger partial charge in [0.05, 0.1) is 17.2 Å². The molecule has 0 spiro atoms. The SMILES string of the molecule is CN(C(=O)c1ccccc1O)c1cccc(C#N)c1. The summed E-state index contributed by atoms with van der Waals surface area (Å²) in [5.41, 5.74) is 1.31. The van der Waals surface area contributed by atoms with Gasteiger partial charge in [-0.15, -0.1) is 0 Å².